The summed E-state index contributed by atoms with van der Waals surface area (Å²) in [6.45, 7) is 2.13. The Morgan fingerprint density at radius 3 is 2.55 bits per heavy atom. The van der Waals surface area contributed by atoms with Crippen LogP contribution in [0.15, 0.2) is 42.5 Å². The number of rotatable bonds is 5. The highest BCUT2D eigenvalue weighted by atomic mass is 35.5. The maximum atomic E-state index is 13.8. The Bertz CT molecular complexity index is 1030. The van der Waals surface area contributed by atoms with Gasteiger partial charge in [-0.25, -0.2) is 0 Å². The summed E-state index contributed by atoms with van der Waals surface area (Å²) in [6.07, 6.45) is 2.72. The number of anilines is 1. The summed E-state index contributed by atoms with van der Waals surface area (Å²) in [5.74, 6) is -0.568. The van der Waals surface area contributed by atoms with Gasteiger partial charge in [-0.1, -0.05) is 61.2 Å². The molecule has 4 atom stereocenters. The van der Waals surface area contributed by atoms with Crippen LogP contribution >= 0.6 is 23.2 Å². The average Bonchev–Trinajstić information content (AvgIpc) is 3.21. The minimum Gasteiger partial charge on any atom is -0.347 e. The molecule has 2 N–H and O–H groups in total. The molecule has 0 radical (unpaired) electrons. The Labute approximate surface area is 193 Å². The lowest BCUT2D eigenvalue weighted by Gasteiger charge is -2.35. The number of nitrogens with one attached hydrogen (secondary N) is 2. The Balaban J connectivity index is 1.98. The fourth-order valence-corrected chi connectivity index (χ4v) is 5.64. The SMILES string of the molecule is CCCC[C@H]1N[C@@H](C(=O)N(C)C)[C@H](c2cccc(Cl)c2)[C@@]12C(=O)Nc1cc(Cl)ccc12. The molecule has 1 spiro atoms. The first kappa shape index (κ1) is 22.1. The Kier molecular flexibility index (Phi) is 6.03. The predicted molar refractivity (Wildman–Crippen MR) is 125 cm³/mol. The monoisotopic (exact) mass is 459 g/mol. The highest BCUT2D eigenvalue weighted by Gasteiger charge is 2.65. The zero-order valence-electron chi connectivity index (χ0n) is 17.9. The summed E-state index contributed by atoms with van der Waals surface area (Å²) < 4.78 is 0. The predicted octanol–water partition coefficient (Wildman–Crippen LogP) is 4.59. The Morgan fingerprint density at radius 1 is 1.13 bits per heavy atom. The number of nitrogens with zero attached hydrogens (tertiary/aromatic N) is 1. The molecule has 2 aliphatic rings. The van der Waals surface area contributed by atoms with Crippen molar-refractivity contribution < 1.29 is 9.59 Å². The van der Waals surface area contributed by atoms with Crippen LogP contribution in [0.25, 0.3) is 0 Å². The van der Waals surface area contributed by atoms with Gasteiger partial charge in [0.1, 0.15) is 5.41 Å². The van der Waals surface area contributed by atoms with E-state index in [1.54, 1.807) is 31.1 Å². The molecule has 0 saturated carbocycles. The molecular weight excluding hydrogens is 433 g/mol. The van der Waals surface area contributed by atoms with E-state index >= 15 is 0 Å². The number of unbranched alkanes of at least 4 members (excludes halogenated alkanes) is 1. The van der Waals surface area contributed by atoms with Crippen molar-refractivity contribution in [1.29, 1.82) is 0 Å². The van der Waals surface area contributed by atoms with Gasteiger partial charge in [0, 0.05) is 41.8 Å². The van der Waals surface area contributed by atoms with Crippen LogP contribution in [0.5, 0.6) is 0 Å². The second-order valence-corrected chi connectivity index (χ2v) is 9.49. The second kappa shape index (κ2) is 8.45. The fraction of sp³-hybridized carbons (Fsp3) is 0.417. The lowest BCUT2D eigenvalue weighted by molar-refractivity contribution is -0.131. The van der Waals surface area contributed by atoms with Crippen molar-refractivity contribution in [3.05, 3.63) is 63.6 Å². The summed E-state index contributed by atoms with van der Waals surface area (Å²) in [6, 6.07) is 12.3. The van der Waals surface area contributed by atoms with Crippen molar-refractivity contribution in [1.82, 2.24) is 10.2 Å². The van der Waals surface area contributed by atoms with Crippen molar-refractivity contribution in [2.24, 2.45) is 0 Å². The number of hydrogen-bond acceptors (Lipinski definition) is 3. The van der Waals surface area contributed by atoms with Gasteiger partial charge < -0.3 is 15.5 Å². The molecular formula is C24H27Cl2N3O2. The molecule has 1 saturated heterocycles. The number of hydrogen-bond donors (Lipinski definition) is 2. The first-order valence-electron chi connectivity index (χ1n) is 10.6. The molecule has 2 aromatic rings. The molecule has 0 aromatic heterocycles. The first-order valence-corrected chi connectivity index (χ1v) is 11.4. The third-order valence-electron chi connectivity index (χ3n) is 6.57. The molecule has 4 rings (SSSR count). The third kappa shape index (κ3) is 3.53. The maximum absolute atomic E-state index is 13.8. The molecule has 2 amide bonds. The van der Waals surface area contributed by atoms with Crippen LogP contribution in [0.3, 0.4) is 0 Å². The van der Waals surface area contributed by atoms with Crippen molar-refractivity contribution in [2.45, 2.75) is 49.6 Å². The Morgan fingerprint density at radius 2 is 1.87 bits per heavy atom. The van der Waals surface area contributed by atoms with Gasteiger partial charge in [-0.05, 0) is 41.8 Å². The van der Waals surface area contributed by atoms with E-state index in [0.717, 1.165) is 30.4 Å². The number of carbonyl (C=O) groups is 2. The summed E-state index contributed by atoms with van der Waals surface area (Å²) >= 11 is 12.6. The van der Waals surface area contributed by atoms with Gasteiger partial charge >= 0.3 is 0 Å². The van der Waals surface area contributed by atoms with Gasteiger partial charge in [-0.3, -0.25) is 9.59 Å². The summed E-state index contributed by atoms with van der Waals surface area (Å²) in [5.41, 5.74) is 1.54. The molecule has 0 bridgehead atoms. The molecule has 2 heterocycles. The van der Waals surface area contributed by atoms with Crippen LogP contribution in [0.4, 0.5) is 5.69 Å². The number of carbonyl (C=O) groups excluding carboxylic acids is 2. The quantitative estimate of drug-likeness (QED) is 0.687. The van der Waals surface area contributed by atoms with Gasteiger partial charge in [0.15, 0.2) is 0 Å². The number of likely N-dealkylation sites (N-methyl/N-ethyl adjacent to an activating group) is 1. The first-order chi connectivity index (χ1) is 14.8. The molecule has 2 aliphatic heterocycles. The molecule has 2 aromatic carbocycles. The number of benzene rings is 2. The lowest BCUT2D eigenvalue weighted by atomic mass is 9.64. The molecule has 0 aliphatic carbocycles. The minimum atomic E-state index is -0.934. The zero-order valence-corrected chi connectivity index (χ0v) is 19.4. The van der Waals surface area contributed by atoms with Crippen LogP contribution in [-0.4, -0.2) is 42.9 Å². The van der Waals surface area contributed by atoms with Gasteiger partial charge in [-0.2, -0.15) is 0 Å². The van der Waals surface area contributed by atoms with E-state index in [-0.39, 0.29) is 17.9 Å². The van der Waals surface area contributed by atoms with E-state index in [4.69, 9.17) is 23.2 Å². The van der Waals surface area contributed by atoms with Gasteiger partial charge in [0.05, 0.1) is 6.04 Å². The van der Waals surface area contributed by atoms with E-state index in [1.165, 1.54) is 0 Å². The smallest absolute Gasteiger partial charge is 0.239 e. The minimum absolute atomic E-state index is 0.0569. The van der Waals surface area contributed by atoms with Crippen molar-refractivity contribution in [3.63, 3.8) is 0 Å². The molecule has 7 heteroatoms. The highest BCUT2D eigenvalue weighted by Crippen LogP contribution is 2.56. The van der Waals surface area contributed by atoms with Crippen LogP contribution in [0.2, 0.25) is 10.0 Å². The summed E-state index contributed by atoms with van der Waals surface area (Å²) in [7, 11) is 3.49. The topological polar surface area (TPSA) is 61.4 Å². The average molecular weight is 460 g/mol. The normalized spacial score (nSPS) is 26.7. The van der Waals surface area contributed by atoms with E-state index < -0.39 is 17.4 Å². The molecule has 164 valence electrons. The largest absolute Gasteiger partial charge is 0.347 e. The Hall–Kier alpha value is -2.08. The second-order valence-electron chi connectivity index (χ2n) is 8.62. The zero-order chi connectivity index (χ0) is 22.3. The van der Waals surface area contributed by atoms with Crippen molar-refractivity contribution >= 4 is 40.7 Å². The lowest BCUT2D eigenvalue weighted by Crippen LogP contribution is -2.48. The van der Waals surface area contributed by atoms with Gasteiger partial charge in [0.25, 0.3) is 0 Å². The maximum Gasteiger partial charge on any atom is 0.239 e. The van der Waals surface area contributed by atoms with Crippen molar-refractivity contribution in [3.8, 4) is 0 Å². The molecule has 5 nitrogen and oxygen atoms in total. The standard InChI is InChI=1S/C24H27Cl2N3O2/c1-4-5-9-19-24(17-11-10-16(26)13-18(17)27-23(24)31)20(14-7-6-8-15(25)12-14)21(28-19)22(30)29(2)3/h6-8,10-13,19-21,28H,4-5,9H2,1-3H3,(H,27,31)/t19-,20+,21-,24+/m1/s1. The number of fused-ring (bicyclic) bond motifs is 2. The van der Waals surface area contributed by atoms with E-state index in [9.17, 15) is 9.59 Å². The van der Waals surface area contributed by atoms with Crippen molar-refractivity contribution in [2.75, 3.05) is 19.4 Å². The summed E-state index contributed by atoms with van der Waals surface area (Å²) in [5, 5.41) is 7.77. The summed E-state index contributed by atoms with van der Waals surface area (Å²) in [4.78, 5) is 28.7. The highest BCUT2D eigenvalue weighted by molar-refractivity contribution is 6.31. The number of amides is 2. The van der Waals surface area contributed by atoms with Crippen LogP contribution in [0.1, 0.15) is 43.2 Å². The molecule has 0 unspecified atom stereocenters. The van der Waals surface area contributed by atoms with Crippen LogP contribution in [0, 0.1) is 0 Å². The number of halogens is 2. The van der Waals surface area contributed by atoms with Crippen LogP contribution < -0.4 is 10.6 Å². The molecule has 1 fully saturated rings. The van der Waals surface area contributed by atoms with E-state index in [0.29, 0.717) is 15.7 Å². The fourth-order valence-electron chi connectivity index (χ4n) is 5.27. The van der Waals surface area contributed by atoms with E-state index in [1.807, 2.05) is 30.3 Å². The van der Waals surface area contributed by atoms with E-state index in [2.05, 4.69) is 17.6 Å². The molecule has 31 heavy (non-hydrogen) atoms. The third-order valence-corrected chi connectivity index (χ3v) is 7.04. The van der Waals surface area contributed by atoms with Crippen LogP contribution in [-0.2, 0) is 15.0 Å². The van der Waals surface area contributed by atoms with Gasteiger partial charge in [-0.15, -0.1) is 0 Å². The van der Waals surface area contributed by atoms with Gasteiger partial charge in [0.2, 0.25) is 11.8 Å².